The van der Waals surface area contributed by atoms with Crippen molar-refractivity contribution in [2.24, 2.45) is 0 Å². The fourth-order valence-electron chi connectivity index (χ4n) is 2.82. The summed E-state index contributed by atoms with van der Waals surface area (Å²) in [6.07, 6.45) is 1.53. The lowest BCUT2D eigenvalue weighted by Gasteiger charge is -2.12. The molecule has 2 saturated heterocycles. The van der Waals surface area contributed by atoms with Gasteiger partial charge in [0.25, 0.3) is 0 Å². The van der Waals surface area contributed by atoms with Crippen LogP contribution in [0.1, 0.15) is 11.1 Å². The molecule has 0 radical (unpaired) electrons. The van der Waals surface area contributed by atoms with Crippen LogP contribution in [0, 0.1) is 0 Å². The van der Waals surface area contributed by atoms with Gasteiger partial charge in [-0.05, 0) is 46.5 Å². The molecule has 0 spiro atoms. The molecule has 2 unspecified atom stereocenters. The minimum absolute atomic E-state index is 0.0902. The minimum atomic E-state index is 0.0902. The van der Waals surface area contributed by atoms with Crippen LogP contribution < -0.4 is 0 Å². The minimum Gasteiger partial charge on any atom is -0.506 e. The highest BCUT2D eigenvalue weighted by Crippen LogP contribution is 2.39. The van der Waals surface area contributed by atoms with E-state index >= 15 is 0 Å². The molecule has 2 atom stereocenters. The van der Waals surface area contributed by atoms with Crippen LogP contribution in [0.15, 0.2) is 24.3 Å². The zero-order valence-electron chi connectivity index (χ0n) is 12.8. The molecule has 4 rings (SSSR count). The first-order valence-electron chi connectivity index (χ1n) is 7.77. The van der Waals surface area contributed by atoms with Gasteiger partial charge in [0.1, 0.15) is 11.5 Å². The Morgan fingerprint density at radius 1 is 0.792 bits per heavy atom. The summed E-state index contributed by atoms with van der Waals surface area (Å²) >= 11 is 12.4. The van der Waals surface area contributed by atoms with Crippen LogP contribution >= 0.6 is 23.2 Å². The first kappa shape index (κ1) is 16.0. The molecule has 6 heteroatoms. The summed E-state index contributed by atoms with van der Waals surface area (Å²) in [4.78, 5) is 0. The van der Waals surface area contributed by atoms with E-state index in [0.717, 1.165) is 22.3 Å². The predicted octanol–water partition coefficient (Wildman–Crippen LogP) is 3.95. The summed E-state index contributed by atoms with van der Waals surface area (Å²) in [6.45, 7) is 1.41. The van der Waals surface area contributed by atoms with Crippen LogP contribution in [0.25, 0.3) is 11.1 Å². The number of aromatic hydroxyl groups is 2. The van der Waals surface area contributed by atoms with E-state index in [1.165, 1.54) is 0 Å². The van der Waals surface area contributed by atoms with Gasteiger partial charge in [0.05, 0.1) is 35.5 Å². The van der Waals surface area contributed by atoms with Gasteiger partial charge in [0.2, 0.25) is 0 Å². The Morgan fingerprint density at radius 3 is 1.50 bits per heavy atom. The standard InChI is InChI=1S/C18H16Cl2O4/c19-15-5-9(1-11(17(15)21)3-13-7-23-13)10-2-12(4-14-8-24-14)18(22)16(20)6-10/h1-2,5-6,13-14,21-22H,3-4,7-8H2. The third kappa shape index (κ3) is 3.33. The van der Waals surface area contributed by atoms with E-state index in [9.17, 15) is 10.2 Å². The first-order chi connectivity index (χ1) is 11.5. The molecular formula is C18H16Cl2O4. The van der Waals surface area contributed by atoms with Crippen LogP contribution in [0.4, 0.5) is 0 Å². The lowest BCUT2D eigenvalue weighted by atomic mass is 9.97. The molecule has 2 fully saturated rings. The first-order valence-corrected chi connectivity index (χ1v) is 8.53. The van der Waals surface area contributed by atoms with E-state index in [0.29, 0.717) is 36.1 Å². The Bertz CT molecular complexity index is 731. The molecule has 2 heterocycles. The number of phenolic OH excluding ortho intramolecular Hbond substituents is 2. The average molecular weight is 367 g/mol. The largest absolute Gasteiger partial charge is 0.506 e. The lowest BCUT2D eigenvalue weighted by Crippen LogP contribution is -1.97. The number of ether oxygens (including phenoxy) is 2. The number of hydrogen-bond donors (Lipinski definition) is 2. The monoisotopic (exact) mass is 366 g/mol. The number of rotatable bonds is 5. The topological polar surface area (TPSA) is 65.5 Å². The zero-order valence-corrected chi connectivity index (χ0v) is 14.3. The Balaban J connectivity index is 1.74. The van der Waals surface area contributed by atoms with Crippen molar-refractivity contribution in [2.75, 3.05) is 13.2 Å². The van der Waals surface area contributed by atoms with Gasteiger partial charge in [-0.3, -0.25) is 0 Å². The maximum Gasteiger partial charge on any atom is 0.137 e. The zero-order chi connectivity index (χ0) is 16.8. The Morgan fingerprint density at radius 2 is 1.17 bits per heavy atom. The van der Waals surface area contributed by atoms with E-state index in [2.05, 4.69) is 0 Å². The van der Waals surface area contributed by atoms with Crippen LogP contribution in [0.3, 0.4) is 0 Å². The number of epoxide rings is 2. The third-order valence-corrected chi connectivity index (χ3v) is 4.89. The predicted molar refractivity (Wildman–Crippen MR) is 92.1 cm³/mol. The molecule has 4 nitrogen and oxygen atoms in total. The highest BCUT2D eigenvalue weighted by molar-refractivity contribution is 6.33. The van der Waals surface area contributed by atoms with Gasteiger partial charge in [-0.15, -0.1) is 0 Å². The van der Waals surface area contributed by atoms with E-state index in [-0.39, 0.29) is 23.7 Å². The summed E-state index contributed by atoms with van der Waals surface area (Å²) in [5.74, 6) is 0.180. The van der Waals surface area contributed by atoms with Gasteiger partial charge >= 0.3 is 0 Å². The van der Waals surface area contributed by atoms with E-state index < -0.39 is 0 Å². The van der Waals surface area contributed by atoms with Crippen LogP contribution in [0.5, 0.6) is 11.5 Å². The summed E-state index contributed by atoms with van der Waals surface area (Å²) in [5, 5.41) is 20.9. The molecule has 24 heavy (non-hydrogen) atoms. The van der Waals surface area contributed by atoms with Crippen molar-refractivity contribution in [3.63, 3.8) is 0 Å². The van der Waals surface area contributed by atoms with Gasteiger partial charge in [0.15, 0.2) is 0 Å². The lowest BCUT2D eigenvalue weighted by molar-refractivity contribution is 0.402. The van der Waals surface area contributed by atoms with Gasteiger partial charge in [0, 0.05) is 12.8 Å². The van der Waals surface area contributed by atoms with Crippen LogP contribution in [0.2, 0.25) is 10.0 Å². The molecule has 126 valence electrons. The Hall–Kier alpha value is -1.46. The summed E-state index contributed by atoms with van der Waals surface area (Å²) in [5.41, 5.74) is 3.18. The molecule has 2 aromatic rings. The van der Waals surface area contributed by atoms with Crippen LogP contribution in [-0.4, -0.2) is 35.6 Å². The fourth-order valence-corrected chi connectivity index (χ4v) is 3.30. The van der Waals surface area contributed by atoms with Crippen molar-refractivity contribution in [1.29, 1.82) is 0 Å². The van der Waals surface area contributed by atoms with E-state index in [1.54, 1.807) is 12.1 Å². The van der Waals surface area contributed by atoms with Gasteiger partial charge < -0.3 is 19.7 Å². The molecular weight excluding hydrogens is 351 g/mol. The second-order valence-electron chi connectivity index (χ2n) is 6.25. The average Bonchev–Trinajstić information content (AvgIpc) is 3.44. The van der Waals surface area contributed by atoms with Crippen molar-refractivity contribution < 1.29 is 19.7 Å². The van der Waals surface area contributed by atoms with Crippen molar-refractivity contribution in [2.45, 2.75) is 25.0 Å². The smallest absolute Gasteiger partial charge is 0.137 e. The summed E-state index contributed by atoms with van der Waals surface area (Å²) in [6, 6.07) is 7.19. The molecule has 0 aliphatic carbocycles. The molecule has 2 N–H and O–H groups in total. The fraction of sp³-hybridized carbons (Fsp3) is 0.333. The highest BCUT2D eigenvalue weighted by Gasteiger charge is 2.26. The van der Waals surface area contributed by atoms with E-state index in [4.69, 9.17) is 32.7 Å². The molecule has 0 saturated carbocycles. The molecule has 0 aromatic heterocycles. The molecule has 2 aliphatic rings. The van der Waals surface area contributed by atoms with Crippen molar-refractivity contribution >= 4 is 23.2 Å². The number of benzene rings is 2. The van der Waals surface area contributed by atoms with Crippen molar-refractivity contribution in [3.8, 4) is 22.6 Å². The number of halogens is 2. The number of phenols is 2. The Kier molecular flexibility index (Phi) is 4.09. The molecule has 2 aliphatic heterocycles. The molecule has 2 aromatic carbocycles. The van der Waals surface area contributed by atoms with Crippen molar-refractivity contribution in [3.05, 3.63) is 45.4 Å². The second kappa shape index (κ2) is 6.12. The summed E-state index contributed by atoms with van der Waals surface area (Å²) in [7, 11) is 0. The van der Waals surface area contributed by atoms with Crippen LogP contribution in [-0.2, 0) is 22.3 Å². The quantitative estimate of drug-likeness (QED) is 0.786. The third-order valence-electron chi connectivity index (χ3n) is 4.32. The second-order valence-corrected chi connectivity index (χ2v) is 7.06. The van der Waals surface area contributed by atoms with Crippen molar-refractivity contribution in [1.82, 2.24) is 0 Å². The van der Waals surface area contributed by atoms with Gasteiger partial charge in [-0.2, -0.15) is 0 Å². The highest BCUT2D eigenvalue weighted by atomic mass is 35.5. The normalized spacial score (nSPS) is 21.8. The summed E-state index contributed by atoms with van der Waals surface area (Å²) < 4.78 is 10.5. The van der Waals surface area contributed by atoms with Gasteiger partial charge in [-0.25, -0.2) is 0 Å². The molecule has 0 amide bonds. The maximum atomic E-state index is 10.2. The maximum absolute atomic E-state index is 10.2. The Labute approximate surface area is 149 Å². The van der Waals surface area contributed by atoms with Gasteiger partial charge in [-0.1, -0.05) is 23.2 Å². The van der Waals surface area contributed by atoms with E-state index in [1.807, 2.05) is 12.1 Å². The SMILES string of the molecule is Oc1c(Cl)cc(-c2cc(Cl)c(O)c(CC3CO3)c2)cc1CC1CO1. The number of hydrogen-bond acceptors (Lipinski definition) is 4. The molecule has 0 bridgehead atoms.